The molecule has 1 unspecified atom stereocenters. The van der Waals surface area contributed by atoms with Gasteiger partial charge in [0.25, 0.3) is 0 Å². The second-order valence-corrected chi connectivity index (χ2v) is 4.61. The molecule has 1 N–H and O–H groups in total. The van der Waals surface area contributed by atoms with E-state index in [0.29, 0.717) is 5.92 Å². The van der Waals surface area contributed by atoms with E-state index in [2.05, 4.69) is 27.3 Å². The quantitative estimate of drug-likeness (QED) is 0.841. The van der Waals surface area contributed by atoms with Crippen LogP contribution in [0.25, 0.3) is 0 Å². The average molecular weight is 235 g/mol. The molecule has 2 heterocycles. The van der Waals surface area contributed by atoms with Crippen LogP contribution in [0, 0.1) is 5.92 Å². The van der Waals surface area contributed by atoms with Gasteiger partial charge in [0.2, 0.25) is 0 Å². The zero-order valence-electron chi connectivity index (χ0n) is 10.6. The van der Waals surface area contributed by atoms with Crippen LogP contribution < -0.4 is 5.32 Å². The minimum Gasteiger partial charge on any atom is -0.384 e. The summed E-state index contributed by atoms with van der Waals surface area (Å²) in [5.74, 6) is 1.63. The van der Waals surface area contributed by atoms with Gasteiger partial charge in [-0.15, -0.1) is 0 Å². The molecule has 4 heteroatoms. The normalized spacial score (nSPS) is 20.7. The number of rotatable bonds is 5. The first-order chi connectivity index (χ1) is 8.31. The summed E-state index contributed by atoms with van der Waals surface area (Å²) in [6.45, 7) is 4.09. The van der Waals surface area contributed by atoms with Gasteiger partial charge in [0.1, 0.15) is 5.82 Å². The Morgan fingerprint density at radius 1 is 1.53 bits per heavy atom. The van der Waals surface area contributed by atoms with E-state index in [0.717, 1.165) is 37.8 Å². The first kappa shape index (κ1) is 12.3. The van der Waals surface area contributed by atoms with Crippen LogP contribution >= 0.6 is 0 Å². The minimum atomic E-state index is 0.687. The number of nitrogens with one attached hydrogen (secondary N) is 1. The van der Waals surface area contributed by atoms with E-state index in [1.807, 2.05) is 13.1 Å². The van der Waals surface area contributed by atoms with Crippen molar-refractivity contribution in [2.24, 2.45) is 5.92 Å². The summed E-state index contributed by atoms with van der Waals surface area (Å²) >= 11 is 0. The molecule has 1 saturated heterocycles. The highest BCUT2D eigenvalue weighted by atomic mass is 16.5. The van der Waals surface area contributed by atoms with Gasteiger partial charge in [-0.25, -0.2) is 4.98 Å². The maximum absolute atomic E-state index is 5.21. The molecule has 1 aromatic rings. The maximum atomic E-state index is 5.21. The molecule has 0 aliphatic carbocycles. The molecule has 1 atom stereocenters. The molecule has 1 aliphatic heterocycles. The molecule has 1 fully saturated rings. The van der Waals surface area contributed by atoms with E-state index in [9.17, 15) is 0 Å². The fraction of sp³-hybridized carbons (Fsp3) is 0.615. The topological polar surface area (TPSA) is 37.4 Å². The Balaban J connectivity index is 1.88. The van der Waals surface area contributed by atoms with Crippen LogP contribution in [-0.4, -0.2) is 43.7 Å². The van der Waals surface area contributed by atoms with Crippen LogP contribution in [0.5, 0.6) is 0 Å². The SMILES string of the molecule is CNc1cccc(CN2CCC(COC)C2)n1. The number of ether oxygens (including phenoxy) is 1. The van der Waals surface area contributed by atoms with E-state index < -0.39 is 0 Å². The van der Waals surface area contributed by atoms with Crippen molar-refractivity contribution in [3.63, 3.8) is 0 Å². The summed E-state index contributed by atoms with van der Waals surface area (Å²) in [5, 5.41) is 3.07. The van der Waals surface area contributed by atoms with E-state index in [1.54, 1.807) is 7.11 Å². The number of aromatic nitrogens is 1. The predicted octanol–water partition coefficient (Wildman–Crippen LogP) is 1.59. The molecule has 17 heavy (non-hydrogen) atoms. The molecule has 0 saturated carbocycles. The molecular formula is C13H21N3O. The Labute approximate surface area is 103 Å². The van der Waals surface area contributed by atoms with Gasteiger partial charge in [-0.2, -0.15) is 0 Å². The Morgan fingerprint density at radius 2 is 2.41 bits per heavy atom. The average Bonchev–Trinajstić information content (AvgIpc) is 2.77. The van der Waals surface area contributed by atoms with Gasteiger partial charge >= 0.3 is 0 Å². The van der Waals surface area contributed by atoms with Gasteiger partial charge in [-0.1, -0.05) is 6.07 Å². The number of nitrogens with zero attached hydrogens (tertiary/aromatic N) is 2. The number of hydrogen-bond acceptors (Lipinski definition) is 4. The fourth-order valence-electron chi connectivity index (χ4n) is 2.36. The molecule has 0 amide bonds. The Hall–Kier alpha value is -1.13. The highest BCUT2D eigenvalue weighted by Crippen LogP contribution is 2.18. The first-order valence-electron chi connectivity index (χ1n) is 6.17. The van der Waals surface area contributed by atoms with E-state index in [4.69, 9.17) is 4.74 Å². The lowest BCUT2D eigenvalue weighted by atomic mass is 10.1. The lowest BCUT2D eigenvalue weighted by Gasteiger charge is -2.15. The predicted molar refractivity (Wildman–Crippen MR) is 69.0 cm³/mol. The zero-order valence-corrected chi connectivity index (χ0v) is 10.6. The highest BCUT2D eigenvalue weighted by molar-refractivity contribution is 5.34. The van der Waals surface area contributed by atoms with Crippen molar-refractivity contribution in [1.82, 2.24) is 9.88 Å². The molecule has 0 bridgehead atoms. The molecular weight excluding hydrogens is 214 g/mol. The number of methoxy groups -OCH3 is 1. The van der Waals surface area contributed by atoms with Gasteiger partial charge < -0.3 is 10.1 Å². The molecule has 1 aromatic heterocycles. The van der Waals surface area contributed by atoms with E-state index in [-0.39, 0.29) is 0 Å². The second-order valence-electron chi connectivity index (χ2n) is 4.61. The van der Waals surface area contributed by atoms with Crippen molar-refractivity contribution < 1.29 is 4.74 Å². The minimum absolute atomic E-state index is 0.687. The van der Waals surface area contributed by atoms with Crippen LogP contribution in [0.3, 0.4) is 0 Å². The smallest absolute Gasteiger partial charge is 0.126 e. The van der Waals surface area contributed by atoms with Crippen molar-refractivity contribution >= 4 is 5.82 Å². The molecule has 4 nitrogen and oxygen atoms in total. The number of pyridine rings is 1. The lowest BCUT2D eigenvalue weighted by Crippen LogP contribution is -2.22. The summed E-state index contributed by atoms with van der Waals surface area (Å²) in [7, 11) is 3.68. The van der Waals surface area contributed by atoms with Crippen molar-refractivity contribution in [1.29, 1.82) is 0 Å². The summed E-state index contributed by atoms with van der Waals surface area (Å²) in [4.78, 5) is 6.99. The van der Waals surface area contributed by atoms with Gasteiger partial charge in [-0.05, 0) is 31.0 Å². The third-order valence-corrected chi connectivity index (χ3v) is 3.22. The highest BCUT2D eigenvalue weighted by Gasteiger charge is 2.22. The Bertz CT molecular complexity index is 356. The van der Waals surface area contributed by atoms with Crippen LogP contribution in [0.15, 0.2) is 18.2 Å². The molecule has 0 spiro atoms. The molecule has 0 aromatic carbocycles. The molecule has 1 aliphatic rings. The van der Waals surface area contributed by atoms with E-state index >= 15 is 0 Å². The van der Waals surface area contributed by atoms with E-state index in [1.165, 1.54) is 6.42 Å². The summed E-state index contributed by atoms with van der Waals surface area (Å²) in [5.41, 5.74) is 1.13. The van der Waals surface area contributed by atoms with Crippen LogP contribution in [0.2, 0.25) is 0 Å². The molecule has 94 valence electrons. The molecule has 0 radical (unpaired) electrons. The summed E-state index contributed by atoms with van der Waals surface area (Å²) in [6, 6.07) is 6.13. The standard InChI is InChI=1S/C13H21N3O/c1-14-13-5-3-4-12(15-13)9-16-7-6-11(8-16)10-17-2/h3-5,11H,6-10H2,1-2H3,(H,14,15). The second kappa shape index (κ2) is 5.98. The lowest BCUT2D eigenvalue weighted by molar-refractivity contribution is 0.152. The fourth-order valence-corrected chi connectivity index (χ4v) is 2.36. The Kier molecular flexibility index (Phi) is 4.34. The van der Waals surface area contributed by atoms with Crippen molar-refractivity contribution in [2.45, 2.75) is 13.0 Å². The number of likely N-dealkylation sites (tertiary alicyclic amines) is 1. The van der Waals surface area contributed by atoms with Crippen molar-refractivity contribution in [3.8, 4) is 0 Å². The van der Waals surface area contributed by atoms with Gasteiger partial charge in [0.15, 0.2) is 0 Å². The summed E-state index contributed by atoms with van der Waals surface area (Å²) in [6.07, 6.45) is 1.24. The van der Waals surface area contributed by atoms with Crippen LogP contribution in [0.1, 0.15) is 12.1 Å². The zero-order chi connectivity index (χ0) is 12.1. The first-order valence-corrected chi connectivity index (χ1v) is 6.17. The number of hydrogen-bond donors (Lipinski definition) is 1. The van der Waals surface area contributed by atoms with Crippen molar-refractivity contribution in [2.75, 3.05) is 39.2 Å². The van der Waals surface area contributed by atoms with Crippen molar-refractivity contribution in [3.05, 3.63) is 23.9 Å². The third-order valence-electron chi connectivity index (χ3n) is 3.22. The number of anilines is 1. The van der Waals surface area contributed by atoms with Gasteiger partial charge in [0.05, 0.1) is 12.3 Å². The van der Waals surface area contributed by atoms with Crippen LogP contribution in [0.4, 0.5) is 5.82 Å². The maximum Gasteiger partial charge on any atom is 0.126 e. The third kappa shape index (κ3) is 3.41. The van der Waals surface area contributed by atoms with Gasteiger partial charge in [0, 0.05) is 27.2 Å². The monoisotopic (exact) mass is 235 g/mol. The largest absolute Gasteiger partial charge is 0.384 e. The van der Waals surface area contributed by atoms with Gasteiger partial charge in [-0.3, -0.25) is 4.90 Å². The molecule has 2 rings (SSSR count). The Morgan fingerprint density at radius 3 is 3.18 bits per heavy atom. The summed E-state index contributed by atoms with van der Waals surface area (Å²) < 4.78 is 5.21. The van der Waals surface area contributed by atoms with Crippen LogP contribution in [-0.2, 0) is 11.3 Å².